The standard InChI is InChI=1S/C13H14N2/c1-3-11-5-7-12(8-6-11)13-14-9-10-15(13)4-2/h3,5-10H,1,4H2,2H3. The van der Waals surface area contributed by atoms with Crippen molar-refractivity contribution in [3.8, 4) is 11.4 Å². The third-order valence-electron chi connectivity index (χ3n) is 2.46. The summed E-state index contributed by atoms with van der Waals surface area (Å²) in [6.45, 7) is 6.79. The molecule has 0 fully saturated rings. The zero-order chi connectivity index (χ0) is 10.7. The van der Waals surface area contributed by atoms with E-state index in [1.54, 1.807) is 0 Å². The zero-order valence-corrected chi connectivity index (χ0v) is 8.85. The molecule has 0 saturated carbocycles. The lowest BCUT2D eigenvalue weighted by molar-refractivity contribution is 0.771. The van der Waals surface area contributed by atoms with Gasteiger partial charge in [-0.1, -0.05) is 36.9 Å². The molecule has 2 heteroatoms. The van der Waals surface area contributed by atoms with E-state index in [0.29, 0.717) is 0 Å². The maximum Gasteiger partial charge on any atom is 0.139 e. The van der Waals surface area contributed by atoms with Gasteiger partial charge in [0.2, 0.25) is 0 Å². The molecular weight excluding hydrogens is 184 g/mol. The van der Waals surface area contributed by atoms with Crippen molar-refractivity contribution >= 4 is 6.08 Å². The lowest BCUT2D eigenvalue weighted by atomic mass is 10.1. The quantitative estimate of drug-likeness (QED) is 0.740. The van der Waals surface area contributed by atoms with E-state index < -0.39 is 0 Å². The van der Waals surface area contributed by atoms with E-state index in [-0.39, 0.29) is 0 Å². The molecule has 0 aliphatic carbocycles. The van der Waals surface area contributed by atoms with Gasteiger partial charge >= 0.3 is 0 Å². The lowest BCUT2D eigenvalue weighted by Gasteiger charge is -2.04. The Bertz CT molecular complexity index is 452. The van der Waals surface area contributed by atoms with Gasteiger partial charge in [-0.15, -0.1) is 0 Å². The highest BCUT2D eigenvalue weighted by molar-refractivity contribution is 5.59. The van der Waals surface area contributed by atoms with Crippen LogP contribution in [0.5, 0.6) is 0 Å². The van der Waals surface area contributed by atoms with Gasteiger partial charge in [0, 0.05) is 24.5 Å². The second-order valence-corrected chi connectivity index (χ2v) is 3.36. The Labute approximate surface area is 89.9 Å². The third kappa shape index (κ3) is 1.84. The molecule has 2 nitrogen and oxygen atoms in total. The number of aromatic nitrogens is 2. The van der Waals surface area contributed by atoms with Crippen LogP contribution in [0.2, 0.25) is 0 Å². The molecule has 1 heterocycles. The van der Waals surface area contributed by atoms with E-state index in [4.69, 9.17) is 0 Å². The van der Waals surface area contributed by atoms with E-state index in [0.717, 1.165) is 23.5 Å². The van der Waals surface area contributed by atoms with E-state index >= 15 is 0 Å². The topological polar surface area (TPSA) is 17.8 Å². The summed E-state index contributed by atoms with van der Waals surface area (Å²) in [6, 6.07) is 8.25. The summed E-state index contributed by atoms with van der Waals surface area (Å²) >= 11 is 0. The molecule has 2 aromatic rings. The van der Waals surface area contributed by atoms with Crippen molar-refractivity contribution in [2.24, 2.45) is 0 Å². The molecule has 0 N–H and O–H groups in total. The van der Waals surface area contributed by atoms with Crippen LogP contribution in [0.4, 0.5) is 0 Å². The Morgan fingerprint density at radius 3 is 2.67 bits per heavy atom. The van der Waals surface area contributed by atoms with Crippen molar-refractivity contribution in [2.75, 3.05) is 0 Å². The van der Waals surface area contributed by atoms with Gasteiger partial charge in [0.15, 0.2) is 0 Å². The fraction of sp³-hybridized carbons (Fsp3) is 0.154. The van der Waals surface area contributed by atoms with Crippen LogP contribution in [0.3, 0.4) is 0 Å². The van der Waals surface area contributed by atoms with E-state index in [1.165, 1.54) is 0 Å². The molecule has 0 amide bonds. The summed E-state index contributed by atoms with van der Waals surface area (Å²) in [6.07, 6.45) is 5.67. The molecule has 76 valence electrons. The summed E-state index contributed by atoms with van der Waals surface area (Å²) < 4.78 is 2.13. The Morgan fingerprint density at radius 2 is 2.07 bits per heavy atom. The van der Waals surface area contributed by atoms with Crippen LogP contribution in [0.1, 0.15) is 12.5 Å². The van der Waals surface area contributed by atoms with E-state index in [1.807, 2.05) is 18.5 Å². The first-order valence-corrected chi connectivity index (χ1v) is 5.09. The highest BCUT2D eigenvalue weighted by atomic mass is 15.0. The molecule has 0 unspecified atom stereocenters. The van der Waals surface area contributed by atoms with Crippen LogP contribution in [0.15, 0.2) is 43.2 Å². The van der Waals surface area contributed by atoms with Gasteiger partial charge in [0.25, 0.3) is 0 Å². The van der Waals surface area contributed by atoms with Gasteiger partial charge in [0.1, 0.15) is 5.82 Å². The first kappa shape index (κ1) is 9.71. The van der Waals surface area contributed by atoms with Gasteiger partial charge in [-0.3, -0.25) is 0 Å². The number of hydrogen-bond acceptors (Lipinski definition) is 1. The van der Waals surface area contributed by atoms with Gasteiger partial charge in [0.05, 0.1) is 0 Å². The van der Waals surface area contributed by atoms with Crippen LogP contribution >= 0.6 is 0 Å². The first-order valence-electron chi connectivity index (χ1n) is 5.09. The van der Waals surface area contributed by atoms with Crippen molar-refractivity contribution in [1.29, 1.82) is 0 Å². The summed E-state index contributed by atoms with van der Waals surface area (Å²) in [5.74, 6) is 1.02. The first-order chi connectivity index (χ1) is 7.35. The summed E-state index contributed by atoms with van der Waals surface area (Å²) in [4.78, 5) is 4.35. The van der Waals surface area contributed by atoms with Crippen LogP contribution in [0.25, 0.3) is 17.5 Å². The maximum atomic E-state index is 4.35. The lowest BCUT2D eigenvalue weighted by Crippen LogP contribution is -1.95. The average Bonchev–Trinajstić information content (AvgIpc) is 2.77. The maximum absolute atomic E-state index is 4.35. The molecule has 0 atom stereocenters. The molecule has 2 rings (SSSR count). The van der Waals surface area contributed by atoms with Crippen LogP contribution in [-0.2, 0) is 6.54 Å². The zero-order valence-electron chi connectivity index (χ0n) is 8.85. The second-order valence-electron chi connectivity index (χ2n) is 3.36. The highest BCUT2D eigenvalue weighted by Crippen LogP contribution is 2.18. The monoisotopic (exact) mass is 198 g/mol. The van der Waals surface area contributed by atoms with Gasteiger partial charge in [-0.05, 0) is 12.5 Å². The summed E-state index contributed by atoms with van der Waals surface area (Å²) in [5, 5.41) is 0. The number of aryl methyl sites for hydroxylation is 1. The molecular formula is C13H14N2. The van der Waals surface area contributed by atoms with Gasteiger partial charge < -0.3 is 4.57 Å². The minimum Gasteiger partial charge on any atom is -0.331 e. The molecule has 0 radical (unpaired) electrons. The fourth-order valence-corrected chi connectivity index (χ4v) is 1.59. The fourth-order valence-electron chi connectivity index (χ4n) is 1.59. The smallest absolute Gasteiger partial charge is 0.139 e. The van der Waals surface area contributed by atoms with Gasteiger partial charge in [-0.2, -0.15) is 0 Å². The predicted octanol–water partition coefficient (Wildman–Crippen LogP) is 3.21. The second kappa shape index (κ2) is 4.13. The van der Waals surface area contributed by atoms with Crippen molar-refractivity contribution in [3.05, 3.63) is 48.8 Å². The summed E-state index contributed by atoms with van der Waals surface area (Å²) in [5.41, 5.74) is 2.28. The molecule has 1 aromatic heterocycles. The largest absolute Gasteiger partial charge is 0.331 e. The van der Waals surface area contributed by atoms with Crippen LogP contribution in [-0.4, -0.2) is 9.55 Å². The van der Waals surface area contributed by atoms with E-state index in [9.17, 15) is 0 Å². The van der Waals surface area contributed by atoms with Gasteiger partial charge in [-0.25, -0.2) is 4.98 Å². The Hall–Kier alpha value is -1.83. The summed E-state index contributed by atoms with van der Waals surface area (Å²) in [7, 11) is 0. The van der Waals surface area contributed by atoms with Crippen molar-refractivity contribution in [1.82, 2.24) is 9.55 Å². The van der Waals surface area contributed by atoms with Crippen LogP contribution < -0.4 is 0 Å². The van der Waals surface area contributed by atoms with Crippen molar-refractivity contribution in [3.63, 3.8) is 0 Å². The number of nitrogens with zero attached hydrogens (tertiary/aromatic N) is 2. The average molecular weight is 198 g/mol. The molecule has 1 aromatic carbocycles. The normalized spacial score (nSPS) is 10.2. The Balaban J connectivity index is 2.41. The highest BCUT2D eigenvalue weighted by Gasteiger charge is 2.03. The van der Waals surface area contributed by atoms with Crippen molar-refractivity contribution < 1.29 is 0 Å². The third-order valence-corrected chi connectivity index (χ3v) is 2.46. The molecule has 0 saturated heterocycles. The minimum absolute atomic E-state index is 0.943. The molecule has 0 bridgehead atoms. The molecule has 0 aliphatic rings. The van der Waals surface area contributed by atoms with Crippen LogP contribution in [0, 0.1) is 0 Å². The Kier molecular flexibility index (Phi) is 2.68. The number of imidazole rings is 1. The molecule has 0 aliphatic heterocycles. The SMILES string of the molecule is C=Cc1ccc(-c2nccn2CC)cc1. The molecule has 15 heavy (non-hydrogen) atoms. The van der Waals surface area contributed by atoms with E-state index in [2.05, 4.69) is 47.3 Å². The number of rotatable bonds is 3. The predicted molar refractivity (Wildman–Crippen MR) is 63.4 cm³/mol. The Morgan fingerprint density at radius 1 is 1.33 bits per heavy atom. The minimum atomic E-state index is 0.943. The number of benzene rings is 1. The van der Waals surface area contributed by atoms with Crippen molar-refractivity contribution in [2.45, 2.75) is 13.5 Å². The molecule has 0 spiro atoms. The number of hydrogen-bond donors (Lipinski definition) is 0.